The summed E-state index contributed by atoms with van der Waals surface area (Å²) in [6.07, 6.45) is 3.82. The van der Waals surface area contributed by atoms with Crippen molar-refractivity contribution in [3.05, 3.63) is 24.0 Å². The summed E-state index contributed by atoms with van der Waals surface area (Å²) in [6, 6.07) is 3.93. The van der Waals surface area contributed by atoms with E-state index in [1.54, 1.807) is 6.20 Å². The maximum Gasteiger partial charge on any atom is 0.181 e. The van der Waals surface area contributed by atoms with Crippen molar-refractivity contribution in [2.45, 2.75) is 38.8 Å². The average molecular weight is 341 g/mol. The number of hydrogen-bond donors (Lipinski definition) is 3. The van der Waals surface area contributed by atoms with Gasteiger partial charge in [0.05, 0.1) is 18.4 Å². The van der Waals surface area contributed by atoms with Crippen LogP contribution in [0.2, 0.25) is 0 Å². The number of aromatic amines is 1. The van der Waals surface area contributed by atoms with E-state index >= 15 is 0 Å². The summed E-state index contributed by atoms with van der Waals surface area (Å²) in [6.45, 7) is 4.40. The van der Waals surface area contributed by atoms with Crippen LogP contribution < -0.4 is 0 Å². The third-order valence-electron chi connectivity index (χ3n) is 4.82. The molecule has 7 heteroatoms. The van der Waals surface area contributed by atoms with Gasteiger partial charge in [-0.15, -0.1) is 12.4 Å². The average Bonchev–Trinajstić information content (AvgIpc) is 2.94. The number of piperidine rings is 1. The molecule has 1 saturated heterocycles. The summed E-state index contributed by atoms with van der Waals surface area (Å²) in [5.41, 5.74) is 1.38. The molecule has 0 saturated carbocycles. The van der Waals surface area contributed by atoms with Crippen LogP contribution in [-0.4, -0.2) is 56.1 Å². The molecule has 0 bridgehead atoms. The molecule has 0 aliphatic carbocycles. The van der Waals surface area contributed by atoms with E-state index in [2.05, 4.69) is 27.0 Å². The lowest BCUT2D eigenvalue weighted by atomic mass is 9.74. The predicted molar refractivity (Wildman–Crippen MR) is 91.5 cm³/mol. The highest BCUT2D eigenvalue weighted by atomic mass is 35.5. The number of fused-ring (bicyclic) bond motifs is 1. The molecule has 0 spiro atoms. The molecule has 1 fully saturated rings. The molecule has 0 aromatic carbocycles. The van der Waals surface area contributed by atoms with E-state index in [4.69, 9.17) is 0 Å². The number of aliphatic hydroxyl groups is 2. The first-order valence-electron chi connectivity index (χ1n) is 7.98. The topological polar surface area (TPSA) is 85.3 Å². The number of nitrogens with zero attached hydrogens (tertiary/aromatic N) is 3. The van der Waals surface area contributed by atoms with Gasteiger partial charge < -0.3 is 10.2 Å². The Bertz CT molecular complexity index is 635. The lowest BCUT2D eigenvalue weighted by molar-refractivity contribution is -0.0821. The summed E-state index contributed by atoms with van der Waals surface area (Å²) in [7, 11) is 0. The van der Waals surface area contributed by atoms with E-state index in [-0.39, 0.29) is 19.0 Å². The molecule has 2 aromatic rings. The number of aliphatic hydroxyl groups excluding tert-OH is 2. The Labute approximate surface area is 142 Å². The van der Waals surface area contributed by atoms with E-state index in [0.717, 1.165) is 42.7 Å². The maximum atomic E-state index is 10.3. The molecule has 2 atom stereocenters. The van der Waals surface area contributed by atoms with Crippen molar-refractivity contribution in [1.82, 2.24) is 20.1 Å². The first kappa shape index (κ1) is 18.1. The molecule has 0 unspecified atom stereocenters. The Kier molecular flexibility index (Phi) is 5.97. The fourth-order valence-corrected chi connectivity index (χ4v) is 3.60. The second-order valence-electron chi connectivity index (χ2n) is 6.36. The van der Waals surface area contributed by atoms with Crippen LogP contribution in [0, 0.1) is 5.41 Å². The van der Waals surface area contributed by atoms with E-state index in [9.17, 15) is 10.2 Å². The van der Waals surface area contributed by atoms with E-state index in [0.29, 0.717) is 13.0 Å². The SMILES string of the molecule is CCC[C@@]1(CO)CN(Cc2[nH]nc3ncccc23)CC[C@@H]1O.Cl. The minimum atomic E-state index is -0.422. The highest BCUT2D eigenvalue weighted by molar-refractivity contribution is 5.85. The van der Waals surface area contributed by atoms with E-state index < -0.39 is 11.5 Å². The monoisotopic (exact) mass is 340 g/mol. The molecular weight excluding hydrogens is 316 g/mol. The van der Waals surface area contributed by atoms with Crippen LogP contribution >= 0.6 is 12.4 Å². The van der Waals surface area contributed by atoms with Gasteiger partial charge in [0.2, 0.25) is 0 Å². The summed E-state index contributed by atoms with van der Waals surface area (Å²) in [5.74, 6) is 0. The van der Waals surface area contributed by atoms with Gasteiger partial charge in [0.25, 0.3) is 0 Å². The molecule has 1 aliphatic rings. The van der Waals surface area contributed by atoms with Crippen molar-refractivity contribution in [1.29, 1.82) is 0 Å². The molecule has 3 heterocycles. The van der Waals surface area contributed by atoms with Gasteiger partial charge in [-0.25, -0.2) is 4.98 Å². The molecule has 6 nitrogen and oxygen atoms in total. The highest BCUT2D eigenvalue weighted by Crippen LogP contribution is 2.35. The fourth-order valence-electron chi connectivity index (χ4n) is 3.60. The van der Waals surface area contributed by atoms with E-state index in [1.807, 2.05) is 12.1 Å². The normalized spacial score (nSPS) is 25.4. The van der Waals surface area contributed by atoms with Crippen LogP contribution in [0.15, 0.2) is 18.3 Å². The number of halogens is 1. The minimum Gasteiger partial charge on any atom is -0.396 e. The Hall–Kier alpha value is -1.21. The van der Waals surface area contributed by atoms with E-state index in [1.165, 1.54) is 0 Å². The van der Waals surface area contributed by atoms with Crippen molar-refractivity contribution >= 4 is 23.4 Å². The predicted octanol–water partition coefficient (Wildman–Crippen LogP) is 1.73. The van der Waals surface area contributed by atoms with Crippen LogP contribution in [-0.2, 0) is 6.54 Å². The number of pyridine rings is 1. The summed E-state index contributed by atoms with van der Waals surface area (Å²) < 4.78 is 0. The number of hydrogen-bond acceptors (Lipinski definition) is 5. The molecule has 2 aromatic heterocycles. The van der Waals surface area contributed by atoms with Gasteiger partial charge >= 0.3 is 0 Å². The largest absolute Gasteiger partial charge is 0.396 e. The number of nitrogens with one attached hydrogen (secondary N) is 1. The van der Waals surface area contributed by atoms with Gasteiger partial charge in [-0.3, -0.25) is 10.00 Å². The van der Waals surface area contributed by atoms with Gasteiger partial charge in [0.1, 0.15) is 0 Å². The molecule has 0 radical (unpaired) electrons. The first-order valence-corrected chi connectivity index (χ1v) is 7.98. The fraction of sp³-hybridized carbons (Fsp3) is 0.625. The molecule has 3 N–H and O–H groups in total. The summed E-state index contributed by atoms with van der Waals surface area (Å²) in [5, 5.41) is 28.5. The Morgan fingerprint density at radius 2 is 2.30 bits per heavy atom. The Morgan fingerprint density at radius 3 is 3.04 bits per heavy atom. The highest BCUT2D eigenvalue weighted by Gasteiger charge is 2.41. The number of H-pyrrole nitrogens is 1. The van der Waals surface area contributed by atoms with Crippen molar-refractivity contribution in [3.63, 3.8) is 0 Å². The second kappa shape index (κ2) is 7.57. The van der Waals surface area contributed by atoms with Crippen molar-refractivity contribution in [2.24, 2.45) is 5.41 Å². The molecule has 1 aliphatic heterocycles. The molecule has 23 heavy (non-hydrogen) atoms. The van der Waals surface area contributed by atoms with Crippen molar-refractivity contribution in [2.75, 3.05) is 19.7 Å². The maximum absolute atomic E-state index is 10.3. The minimum absolute atomic E-state index is 0. The Morgan fingerprint density at radius 1 is 1.48 bits per heavy atom. The lowest BCUT2D eigenvalue weighted by Crippen LogP contribution is -2.53. The van der Waals surface area contributed by atoms with Crippen LogP contribution in [0.5, 0.6) is 0 Å². The lowest BCUT2D eigenvalue weighted by Gasteiger charge is -2.45. The smallest absolute Gasteiger partial charge is 0.181 e. The summed E-state index contributed by atoms with van der Waals surface area (Å²) in [4.78, 5) is 6.53. The number of rotatable bonds is 5. The van der Waals surface area contributed by atoms with Crippen molar-refractivity contribution < 1.29 is 10.2 Å². The molecule has 0 amide bonds. The molecule has 3 rings (SSSR count). The number of aromatic nitrogens is 3. The van der Waals surface area contributed by atoms with Gasteiger partial charge in [0.15, 0.2) is 5.65 Å². The van der Waals surface area contributed by atoms with Crippen molar-refractivity contribution in [3.8, 4) is 0 Å². The quantitative estimate of drug-likeness (QED) is 0.771. The van der Waals surface area contributed by atoms with Gasteiger partial charge in [-0.1, -0.05) is 13.3 Å². The third-order valence-corrected chi connectivity index (χ3v) is 4.82. The van der Waals surface area contributed by atoms with Crippen LogP contribution in [0.4, 0.5) is 0 Å². The summed E-state index contributed by atoms with van der Waals surface area (Å²) >= 11 is 0. The van der Waals surface area contributed by atoms with Gasteiger partial charge in [0, 0.05) is 36.6 Å². The molecular formula is C16H25ClN4O2. The number of likely N-dealkylation sites (tertiary alicyclic amines) is 1. The van der Waals surface area contributed by atoms with Gasteiger partial charge in [-0.2, -0.15) is 5.10 Å². The third kappa shape index (κ3) is 3.50. The zero-order valence-corrected chi connectivity index (χ0v) is 14.2. The van der Waals surface area contributed by atoms with Gasteiger partial charge in [-0.05, 0) is 25.0 Å². The Balaban J connectivity index is 0.00000192. The molecule has 128 valence electrons. The van der Waals surface area contributed by atoms with Crippen LogP contribution in [0.25, 0.3) is 11.0 Å². The van der Waals surface area contributed by atoms with Crippen LogP contribution in [0.1, 0.15) is 31.9 Å². The van der Waals surface area contributed by atoms with Crippen LogP contribution in [0.3, 0.4) is 0 Å². The first-order chi connectivity index (χ1) is 10.7. The second-order valence-corrected chi connectivity index (χ2v) is 6.36. The zero-order chi connectivity index (χ0) is 15.6. The zero-order valence-electron chi connectivity index (χ0n) is 13.4. The standard InChI is InChI=1S/C16H24N4O2.ClH/c1-2-6-16(11-21)10-20(8-5-14(16)22)9-13-12-4-3-7-17-15(12)19-18-13;/h3-4,7,14,21-22H,2,5-6,8-11H2,1H3,(H,17,18,19);1H/t14-,16-;/m0./s1.